The molecule has 0 aliphatic carbocycles. The predicted molar refractivity (Wildman–Crippen MR) is 83.0 cm³/mol. The van der Waals surface area contributed by atoms with Gasteiger partial charge in [0.05, 0.1) is 23.6 Å². The minimum absolute atomic E-state index is 0.293. The van der Waals surface area contributed by atoms with Crippen molar-refractivity contribution in [1.29, 1.82) is 0 Å². The van der Waals surface area contributed by atoms with Crippen LogP contribution in [0.5, 0.6) is 0 Å². The first-order valence-electron chi connectivity index (χ1n) is 7.40. The van der Waals surface area contributed by atoms with Gasteiger partial charge in [0.25, 0.3) is 0 Å². The van der Waals surface area contributed by atoms with Crippen LogP contribution in [0, 0.1) is 6.92 Å². The fourth-order valence-corrected chi connectivity index (χ4v) is 2.27. The van der Waals surface area contributed by atoms with Crippen molar-refractivity contribution in [2.24, 2.45) is 0 Å². The summed E-state index contributed by atoms with van der Waals surface area (Å²) in [7, 11) is 0. The molecule has 21 heavy (non-hydrogen) atoms. The molecule has 4 nitrogen and oxygen atoms in total. The standard InChI is InChI=1S/C17H22N2O2/c1-5-12(3)15-8-7-14(17(20)21-6-2)11-16(15)19-10-9-13(4)18-19/h7-12H,5-6H2,1-4H3. The van der Waals surface area contributed by atoms with E-state index in [-0.39, 0.29) is 5.97 Å². The van der Waals surface area contributed by atoms with E-state index < -0.39 is 0 Å². The molecule has 1 aromatic carbocycles. The van der Waals surface area contributed by atoms with Gasteiger partial charge in [0, 0.05) is 6.20 Å². The van der Waals surface area contributed by atoms with Crippen LogP contribution in [0.15, 0.2) is 30.5 Å². The minimum atomic E-state index is -0.293. The van der Waals surface area contributed by atoms with E-state index in [9.17, 15) is 4.79 Å². The van der Waals surface area contributed by atoms with Gasteiger partial charge in [-0.25, -0.2) is 9.48 Å². The molecular weight excluding hydrogens is 264 g/mol. The molecule has 0 fully saturated rings. The van der Waals surface area contributed by atoms with E-state index >= 15 is 0 Å². The molecule has 0 bridgehead atoms. The highest BCUT2D eigenvalue weighted by molar-refractivity contribution is 5.90. The van der Waals surface area contributed by atoms with Gasteiger partial charge in [0.2, 0.25) is 0 Å². The Morgan fingerprint density at radius 2 is 2.10 bits per heavy atom. The lowest BCUT2D eigenvalue weighted by Gasteiger charge is -2.16. The number of carbonyl (C=O) groups is 1. The summed E-state index contributed by atoms with van der Waals surface area (Å²) in [6.07, 6.45) is 2.96. The van der Waals surface area contributed by atoms with Crippen molar-refractivity contribution >= 4 is 5.97 Å². The van der Waals surface area contributed by atoms with Crippen LogP contribution in [0.25, 0.3) is 5.69 Å². The average molecular weight is 286 g/mol. The van der Waals surface area contributed by atoms with Crippen LogP contribution >= 0.6 is 0 Å². The van der Waals surface area contributed by atoms with E-state index in [2.05, 4.69) is 18.9 Å². The number of ether oxygens (including phenoxy) is 1. The molecule has 0 saturated heterocycles. The molecule has 0 saturated carbocycles. The van der Waals surface area contributed by atoms with Crippen LogP contribution in [0.1, 0.15) is 54.7 Å². The van der Waals surface area contributed by atoms with Gasteiger partial charge < -0.3 is 4.74 Å². The van der Waals surface area contributed by atoms with E-state index in [0.717, 1.165) is 17.8 Å². The third-order valence-corrected chi connectivity index (χ3v) is 3.65. The lowest BCUT2D eigenvalue weighted by molar-refractivity contribution is 0.0526. The molecule has 0 amide bonds. The van der Waals surface area contributed by atoms with Crippen molar-refractivity contribution in [3.63, 3.8) is 0 Å². The first-order chi connectivity index (χ1) is 10.1. The summed E-state index contributed by atoms with van der Waals surface area (Å²) in [6.45, 7) is 8.47. The Labute approximate surface area is 125 Å². The molecule has 0 N–H and O–H groups in total. The van der Waals surface area contributed by atoms with Gasteiger partial charge in [0.1, 0.15) is 0 Å². The molecule has 112 valence electrons. The van der Waals surface area contributed by atoms with Crippen LogP contribution in [0.4, 0.5) is 0 Å². The van der Waals surface area contributed by atoms with Gasteiger partial charge in [-0.3, -0.25) is 0 Å². The molecule has 0 aliphatic rings. The van der Waals surface area contributed by atoms with Crippen LogP contribution in [-0.4, -0.2) is 22.4 Å². The third kappa shape index (κ3) is 3.32. The van der Waals surface area contributed by atoms with Gasteiger partial charge in [-0.15, -0.1) is 0 Å². The molecule has 1 unspecified atom stereocenters. The fraction of sp³-hybridized carbons (Fsp3) is 0.412. The zero-order chi connectivity index (χ0) is 15.4. The quantitative estimate of drug-likeness (QED) is 0.784. The summed E-state index contributed by atoms with van der Waals surface area (Å²) in [5.41, 5.74) is 3.65. The van der Waals surface area contributed by atoms with E-state index in [1.54, 1.807) is 0 Å². The monoisotopic (exact) mass is 286 g/mol. The number of hydrogen-bond acceptors (Lipinski definition) is 3. The van der Waals surface area contributed by atoms with Crippen LogP contribution < -0.4 is 0 Å². The Hall–Kier alpha value is -2.10. The molecule has 2 rings (SSSR count). The van der Waals surface area contributed by atoms with Crippen LogP contribution in [0.2, 0.25) is 0 Å². The Morgan fingerprint density at radius 1 is 1.33 bits per heavy atom. The predicted octanol–water partition coefficient (Wildman–Crippen LogP) is 3.87. The van der Waals surface area contributed by atoms with Crippen LogP contribution in [0.3, 0.4) is 0 Å². The normalized spacial score (nSPS) is 12.2. The Morgan fingerprint density at radius 3 is 2.67 bits per heavy atom. The Kier molecular flexibility index (Phi) is 4.78. The summed E-state index contributed by atoms with van der Waals surface area (Å²) in [4.78, 5) is 11.9. The van der Waals surface area contributed by atoms with Crippen molar-refractivity contribution in [3.8, 4) is 5.69 Å². The zero-order valence-corrected chi connectivity index (χ0v) is 13.1. The van der Waals surface area contributed by atoms with Gasteiger partial charge in [-0.2, -0.15) is 5.10 Å². The first kappa shape index (κ1) is 15.3. The first-order valence-corrected chi connectivity index (χ1v) is 7.40. The maximum absolute atomic E-state index is 11.9. The second kappa shape index (κ2) is 6.57. The number of carbonyl (C=O) groups excluding carboxylic acids is 1. The number of hydrogen-bond donors (Lipinski definition) is 0. The van der Waals surface area contributed by atoms with Gasteiger partial charge in [-0.1, -0.05) is 19.9 Å². The molecule has 0 spiro atoms. The lowest BCUT2D eigenvalue weighted by Crippen LogP contribution is -2.09. The zero-order valence-electron chi connectivity index (χ0n) is 13.1. The Balaban J connectivity index is 2.51. The SMILES string of the molecule is CCOC(=O)c1ccc(C(C)CC)c(-n2ccc(C)n2)c1. The van der Waals surface area contributed by atoms with E-state index in [1.165, 1.54) is 5.56 Å². The highest BCUT2D eigenvalue weighted by Gasteiger charge is 2.15. The molecule has 1 aromatic heterocycles. The van der Waals surface area contributed by atoms with Gasteiger partial charge in [-0.05, 0) is 49.9 Å². The minimum Gasteiger partial charge on any atom is -0.462 e. The summed E-state index contributed by atoms with van der Waals surface area (Å²) < 4.78 is 6.91. The average Bonchev–Trinajstić information content (AvgIpc) is 2.92. The molecule has 2 aromatic rings. The molecule has 1 atom stereocenters. The highest BCUT2D eigenvalue weighted by atomic mass is 16.5. The second-order valence-electron chi connectivity index (χ2n) is 5.21. The van der Waals surface area contributed by atoms with Crippen molar-refractivity contribution < 1.29 is 9.53 Å². The fourth-order valence-electron chi connectivity index (χ4n) is 2.27. The molecule has 1 heterocycles. The molecule has 4 heteroatoms. The third-order valence-electron chi connectivity index (χ3n) is 3.65. The largest absolute Gasteiger partial charge is 0.462 e. The molecular formula is C17H22N2O2. The van der Waals surface area contributed by atoms with Crippen LogP contribution in [-0.2, 0) is 4.74 Å². The number of benzene rings is 1. The molecule has 0 aliphatic heterocycles. The van der Waals surface area contributed by atoms with E-state index in [1.807, 2.05) is 49.0 Å². The number of aromatic nitrogens is 2. The number of aryl methyl sites for hydroxylation is 1. The van der Waals surface area contributed by atoms with Crippen molar-refractivity contribution in [2.75, 3.05) is 6.61 Å². The molecule has 0 radical (unpaired) electrons. The number of nitrogens with zero attached hydrogens (tertiary/aromatic N) is 2. The van der Waals surface area contributed by atoms with Crippen molar-refractivity contribution in [1.82, 2.24) is 9.78 Å². The Bertz CT molecular complexity index is 631. The maximum Gasteiger partial charge on any atom is 0.338 e. The summed E-state index contributed by atoms with van der Waals surface area (Å²) in [5.74, 6) is 0.110. The van der Waals surface area contributed by atoms with Gasteiger partial charge >= 0.3 is 5.97 Å². The van der Waals surface area contributed by atoms with E-state index in [0.29, 0.717) is 18.1 Å². The number of esters is 1. The summed E-state index contributed by atoms with van der Waals surface area (Å²) in [5, 5.41) is 4.47. The smallest absolute Gasteiger partial charge is 0.338 e. The second-order valence-corrected chi connectivity index (χ2v) is 5.21. The lowest BCUT2D eigenvalue weighted by atomic mass is 9.95. The summed E-state index contributed by atoms with van der Waals surface area (Å²) >= 11 is 0. The topological polar surface area (TPSA) is 44.1 Å². The van der Waals surface area contributed by atoms with Crippen molar-refractivity contribution in [2.45, 2.75) is 40.0 Å². The maximum atomic E-state index is 11.9. The summed E-state index contributed by atoms with van der Waals surface area (Å²) in [6, 6.07) is 7.66. The number of rotatable bonds is 5. The van der Waals surface area contributed by atoms with Gasteiger partial charge in [0.15, 0.2) is 0 Å². The van der Waals surface area contributed by atoms with Crippen molar-refractivity contribution in [3.05, 3.63) is 47.3 Å². The van der Waals surface area contributed by atoms with E-state index in [4.69, 9.17) is 4.74 Å². The highest BCUT2D eigenvalue weighted by Crippen LogP contribution is 2.27.